The first-order valence-corrected chi connectivity index (χ1v) is 11.4. The Labute approximate surface area is 186 Å². The summed E-state index contributed by atoms with van der Waals surface area (Å²) in [6.45, 7) is 2.73. The van der Waals surface area contributed by atoms with Gasteiger partial charge >= 0.3 is 6.18 Å². The molecule has 0 bridgehead atoms. The van der Waals surface area contributed by atoms with Crippen LogP contribution in [0, 0.1) is 17.6 Å². The quantitative estimate of drug-likeness (QED) is 0.565. The molecule has 1 saturated carbocycles. The minimum Gasteiger partial charge on any atom is -0.349 e. The normalized spacial score (nSPS) is 19.4. The molecule has 11 heteroatoms. The van der Waals surface area contributed by atoms with Gasteiger partial charge in [-0.3, -0.25) is 4.79 Å². The summed E-state index contributed by atoms with van der Waals surface area (Å²) >= 11 is 5.67. The molecule has 2 aromatic carbocycles. The molecule has 2 aromatic rings. The fourth-order valence-electron chi connectivity index (χ4n) is 3.61. The van der Waals surface area contributed by atoms with E-state index in [9.17, 15) is 35.2 Å². The third-order valence-electron chi connectivity index (χ3n) is 5.84. The van der Waals surface area contributed by atoms with Gasteiger partial charge in [0.2, 0.25) is 0 Å². The molecule has 0 heterocycles. The number of hydrogen-bond donors (Lipinski definition) is 1. The minimum atomic E-state index is -4.90. The van der Waals surface area contributed by atoms with Crippen molar-refractivity contribution in [2.75, 3.05) is 0 Å². The predicted octanol–water partition coefficient (Wildman–Crippen LogP) is 5.40. The zero-order valence-corrected chi connectivity index (χ0v) is 18.5. The molecule has 3 rings (SSSR count). The number of nitrogens with one attached hydrogen (secondary N) is 1. The molecule has 1 aliphatic rings. The molecule has 1 fully saturated rings. The number of carbonyl (C=O) groups excluding carboxylic acids is 1. The van der Waals surface area contributed by atoms with Crippen LogP contribution in [0.15, 0.2) is 41.3 Å². The highest BCUT2D eigenvalue weighted by Crippen LogP contribution is 2.44. The number of carbonyl (C=O) groups is 1. The first kappa shape index (κ1) is 24.4. The second-order valence-electron chi connectivity index (χ2n) is 8.25. The summed E-state index contributed by atoms with van der Waals surface area (Å²) < 4.78 is 90.6. The molecular formula is C21H19ClF5NO3S. The van der Waals surface area contributed by atoms with Crippen LogP contribution in [0.1, 0.15) is 42.6 Å². The standard InChI is InChI=1S/C21H19ClF5NO3S/c1-20(2,32(30,31)16-9-13(21(25,26)27)6-14(23)10-16)12-7-15(8-12)28-19(29)11-3-4-18(24)17(22)5-11/h3-6,9-10,12,15H,7-8H2,1-2H3,(H,28,29)/t12-,15+. The molecule has 0 aliphatic heterocycles. The predicted molar refractivity (Wildman–Crippen MR) is 108 cm³/mol. The molecule has 1 amide bonds. The maximum atomic E-state index is 13.7. The zero-order valence-electron chi connectivity index (χ0n) is 16.9. The summed E-state index contributed by atoms with van der Waals surface area (Å²) in [6, 6.07) is 4.32. The topological polar surface area (TPSA) is 63.2 Å². The van der Waals surface area contributed by atoms with Crippen molar-refractivity contribution in [2.45, 2.75) is 48.5 Å². The number of benzene rings is 2. The monoisotopic (exact) mass is 495 g/mol. The van der Waals surface area contributed by atoms with Gasteiger partial charge in [0.25, 0.3) is 5.91 Å². The third kappa shape index (κ3) is 4.61. The Morgan fingerprint density at radius 2 is 1.69 bits per heavy atom. The number of halogens is 6. The van der Waals surface area contributed by atoms with E-state index in [1.165, 1.54) is 26.0 Å². The Hall–Kier alpha value is -2.20. The van der Waals surface area contributed by atoms with Gasteiger partial charge < -0.3 is 5.32 Å². The molecule has 1 N–H and O–H groups in total. The molecule has 0 atom stereocenters. The van der Waals surface area contributed by atoms with Gasteiger partial charge in [0.15, 0.2) is 9.84 Å². The fraction of sp³-hybridized carbons (Fsp3) is 0.381. The van der Waals surface area contributed by atoms with Crippen molar-refractivity contribution in [1.82, 2.24) is 5.32 Å². The number of hydrogen-bond acceptors (Lipinski definition) is 3. The average molecular weight is 496 g/mol. The van der Waals surface area contributed by atoms with Gasteiger partial charge in [-0.25, -0.2) is 17.2 Å². The Morgan fingerprint density at radius 3 is 2.25 bits per heavy atom. The molecule has 0 aromatic heterocycles. The zero-order chi connectivity index (χ0) is 24.1. The van der Waals surface area contributed by atoms with Crippen molar-refractivity contribution >= 4 is 27.3 Å². The van der Waals surface area contributed by atoms with Gasteiger partial charge in [0.05, 0.1) is 20.2 Å². The number of amides is 1. The maximum Gasteiger partial charge on any atom is 0.416 e. The Kier molecular flexibility index (Phi) is 6.34. The highest BCUT2D eigenvalue weighted by Gasteiger charge is 2.49. The van der Waals surface area contributed by atoms with Crippen LogP contribution in [-0.2, 0) is 16.0 Å². The van der Waals surface area contributed by atoms with E-state index in [1.54, 1.807) is 0 Å². The summed E-state index contributed by atoms with van der Waals surface area (Å²) in [5.74, 6) is -2.99. The Morgan fingerprint density at radius 1 is 1.06 bits per heavy atom. The molecule has 0 saturated heterocycles. The van der Waals surface area contributed by atoms with Gasteiger partial charge in [-0.1, -0.05) is 11.6 Å². The Balaban J connectivity index is 1.73. The number of sulfone groups is 1. The van der Waals surface area contributed by atoms with Gasteiger partial charge in [-0.05, 0) is 69.0 Å². The molecule has 1 aliphatic carbocycles. The van der Waals surface area contributed by atoms with Crippen LogP contribution < -0.4 is 5.32 Å². The van der Waals surface area contributed by atoms with Crippen LogP contribution in [-0.4, -0.2) is 25.1 Å². The van der Waals surface area contributed by atoms with Gasteiger partial charge in [-0.15, -0.1) is 0 Å². The van der Waals surface area contributed by atoms with Gasteiger partial charge in [0.1, 0.15) is 11.6 Å². The van der Waals surface area contributed by atoms with Crippen molar-refractivity contribution in [3.63, 3.8) is 0 Å². The van der Waals surface area contributed by atoms with E-state index in [2.05, 4.69) is 5.32 Å². The van der Waals surface area contributed by atoms with Crippen molar-refractivity contribution in [2.24, 2.45) is 5.92 Å². The van der Waals surface area contributed by atoms with E-state index in [4.69, 9.17) is 11.6 Å². The van der Waals surface area contributed by atoms with Crippen molar-refractivity contribution in [3.8, 4) is 0 Å². The molecular weight excluding hydrogens is 477 g/mol. The highest BCUT2D eigenvalue weighted by molar-refractivity contribution is 7.92. The van der Waals surface area contributed by atoms with Crippen molar-refractivity contribution in [3.05, 3.63) is 64.2 Å². The van der Waals surface area contributed by atoms with E-state index in [0.29, 0.717) is 12.1 Å². The second-order valence-corrected chi connectivity index (χ2v) is 11.2. The van der Waals surface area contributed by atoms with E-state index in [1.807, 2.05) is 0 Å². The Bertz CT molecular complexity index is 1160. The largest absolute Gasteiger partial charge is 0.416 e. The van der Waals surface area contributed by atoms with E-state index in [-0.39, 0.29) is 35.5 Å². The lowest BCUT2D eigenvalue weighted by Crippen LogP contribution is -2.53. The minimum absolute atomic E-state index is 0.131. The summed E-state index contributed by atoms with van der Waals surface area (Å²) in [4.78, 5) is 11.5. The summed E-state index contributed by atoms with van der Waals surface area (Å²) in [5, 5.41) is 2.47. The molecule has 0 unspecified atom stereocenters. The first-order valence-electron chi connectivity index (χ1n) is 9.51. The fourth-order valence-corrected chi connectivity index (χ4v) is 5.58. The van der Waals surface area contributed by atoms with Gasteiger partial charge in [0, 0.05) is 11.6 Å². The average Bonchev–Trinajstić information content (AvgIpc) is 2.64. The number of alkyl halides is 3. The molecule has 0 radical (unpaired) electrons. The van der Waals surface area contributed by atoms with Crippen LogP contribution in [0.3, 0.4) is 0 Å². The highest BCUT2D eigenvalue weighted by atomic mass is 35.5. The van der Waals surface area contributed by atoms with E-state index in [0.717, 1.165) is 6.07 Å². The summed E-state index contributed by atoms with van der Waals surface area (Å²) in [7, 11) is -4.33. The van der Waals surface area contributed by atoms with E-state index < -0.39 is 54.7 Å². The second kappa shape index (κ2) is 8.30. The van der Waals surface area contributed by atoms with Crippen LogP contribution >= 0.6 is 11.6 Å². The lowest BCUT2D eigenvalue weighted by Gasteiger charge is -2.45. The molecule has 32 heavy (non-hydrogen) atoms. The third-order valence-corrected chi connectivity index (χ3v) is 8.70. The molecule has 174 valence electrons. The van der Waals surface area contributed by atoms with Crippen LogP contribution in [0.25, 0.3) is 0 Å². The summed E-state index contributed by atoms with van der Waals surface area (Å²) in [5.41, 5.74) is -1.25. The SMILES string of the molecule is CC(C)([C@H]1C[C@@H](NC(=O)c2ccc(F)c(Cl)c2)C1)S(=O)(=O)c1cc(F)cc(C(F)(F)F)c1. The lowest BCUT2D eigenvalue weighted by molar-refractivity contribution is -0.137. The maximum absolute atomic E-state index is 13.7. The smallest absolute Gasteiger partial charge is 0.349 e. The lowest BCUT2D eigenvalue weighted by atomic mass is 9.73. The van der Waals surface area contributed by atoms with E-state index >= 15 is 0 Å². The summed E-state index contributed by atoms with van der Waals surface area (Å²) in [6.07, 6.45) is -4.41. The van der Waals surface area contributed by atoms with Crippen LogP contribution in [0.4, 0.5) is 22.0 Å². The molecule has 0 spiro atoms. The van der Waals surface area contributed by atoms with Crippen molar-refractivity contribution < 1.29 is 35.2 Å². The van der Waals surface area contributed by atoms with Crippen LogP contribution in [0.2, 0.25) is 5.02 Å². The molecule has 4 nitrogen and oxygen atoms in total. The first-order chi connectivity index (χ1) is 14.6. The van der Waals surface area contributed by atoms with Crippen LogP contribution in [0.5, 0.6) is 0 Å². The van der Waals surface area contributed by atoms with Crippen molar-refractivity contribution in [1.29, 1.82) is 0 Å². The van der Waals surface area contributed by atoms with Gasteiger partial charge in [-0.2, -0.15) is 13.2 Å². The number of rotatable bonds is 5.